The van der Waals surface area contributed by atoms with Crippen molar-refractivity contribution in [3.05, 3.63) is 71.5 Å². The van der Waals surface area contributed by atoms with Gasteiger partial charge in [-0.3, -0.25) is 4.79 Å². The molecule has 4 aromatic rings. The molecule has 0 saturated heterocycles. The highest BCUT2D eigenvalue weighted by Crippen LogP contribution is 2.22. The molecule has 1 amide bonds. The van der Waals surface area contributed by atoms with Crippen LogP contribution in [0.5, 0.6) is 0 Å². The number of nitrogens with zero attached hydrogens (tertiary/aromatic N) is 4. The summed E-state index contributed by atoms with van der Waals surface area (Å²) in [4.78, 5) is 12.2. The lowest BCUT2D eigenvalue weighted by Gasteiger charge is -2.03. The number of halogens is 1. The summed E-state index contributed by atoms with van der Waals surface area (Å²) in [6.07, 6.45) is 2.43. The molecule has 0 aliphatic carbocycles. The molecule has 0 bridgehead atoms. The van der Waals surface area contributed by atoms with Crippen LogP contribution in [0.1, 0.15) is 28.2 Å². The van der Waals surface area contributed by atoms with Crippen molar-refractivity contribution in [2.75, 3.05) is 12.3 Å². The molecule has 4 rings (SSSR count). The Morgan fingerprint density at radius 2 is 2.06 bits per heavy atom. The van der Waals surface area contributed by atoms with Gasteiger partial charge in [0.2, 0.25) is 5.76 Å². The molecule has 0 atom stereocenters. The smallest absolute Gasteiger partial charge is 0.273 e. The van der Waals surface area contributed by atoms with Crippen molar-refractivity contribution >= 4 is 11.7 Å². The van der Waals surface area contributed by atoms with E-state index in [0.29, 0.717) is 42.3 Å². The molecule has 0 radical (unpaired) electrons. The normalized spacial score (nSPS) is 10.7. The van der Waals surface area contributed by atoms with E-state index in [1.54, 1.807) is 12.1 Å². The molecule has 10 heteroatoms. The highest BCUT2D eigenvalue weighted by molar-refractivity contribution is 5.92. The number of carbonyl (C=O) groups excluding carboxylic acids is 1. The summed E-state index contributed by atoms with van der Waals surface area (Å²) in [6.45, 7) is 0.329. The van der Waals surface area contributed by atoms with Crippen molar-refractivity contribution in [1.29, 1.82) is 5.26 Å². The molecule has 3 N–H and O–H groups in total. The van der Waals surface area contributed by atoms with Crippen LogP contribution in [0.4, 0.5) is 10.2 Å². The maximum Gasteiger partial charge on any atom is 0.273 e. The Morgan fingerprint density at radius 3 is 2.77 bits per heavy atom. The van der Waals surface area contributed by atoms with E-state index in [2.05, 4.69) is 21.6 Å². The predicted molar refractivity (Wildman–Crippen MR) is 108 cm³/mol. The first-order valence-electron chi connectivity index (χ1n) is 9.39. The SMILES string of the molecule is N#Cc1c(CCCNC(=O)c2cc(-c3ccco3)on2)nn(-c2ccc(F)cc2)c1N. The zero-order valence-electron chi connectivity index (χ0n) is 16.2. The number of furan rings is 1. The Kier molecular flexibility index (Phi) is 5.49. The van der Waals surface area contributed by atoms with Crippen LogP contribution >= 0.6 is 0 Å². The van der Waals surface area contributed by atoms with Crippen LogP contribution in [0, 0.1) is 17.1 Å². The molecule has 9 nitrogen and oxygen atoms in total. The van der Waals surface area contributed by atoms with Gasteiger partial charge < -0.3 is 20.0 Å². The second-order valence-electron chi connectivity index (χ2n) is 6.62. The fraction of sp³-hybridized carbons (Fsp3) is 0.143. The average Bonchev–Trinajstić information content (AvgIpc) is 3.51. The Morgan fingerprint density at radius 1 is 1.26 bits per heavy atom. The zero-order chi connectivity index (χ0) is 21.8. The second-order valence-corrected chi connectivity index (χ2v) is 6.62. The van der Waals surface area contributed by atoms with Crippen LogP contribution in [0.25, 0.3) is 17.2 Å². The minimum Gasteiger partial charge on any atom is -0.461 e. The van der Waals surface area contributed by atoms with Crippen LogP contribution < -0.4 is 11.1 Å². The number of anilines is 1. The number of amides is 1. The van der Waals surface area contributed by atoms with Gasteiger partial charge >= 0.3 is 0 Å². The number of nitrogens with one attached hydrogen (secondary N) is 1. The number of nitrogens with two attached hydrogens (primary N) is 1. The second kappa shape index (κ2) is 8.54. The Bertz CT molecular complexity index is 1240. The van der Waals surface area contributed by atoms with Crippen LogP contribution in [0.15, 0.2) is 57.7 Å². The summed E-state index contributed by atoms with van der Waals surface area (Å²) in [5.74, 6) is 0.245. The molecular formula is C21H17FN6O3. The van der Waals surface area contributed by atoms with E-state index < -0.39 is 5.91 Å². The lowest BCUT2D eigenvalue weighted by Crippen LogP contribution is -2.25. The maximum absolute atomic E-state index is 13.2. The van der Waals surface area contributed by atoms with Crippen molar-refractivity contribution in [3.63, 3.8) is 0 Å². The van der Waals surface area contributed by atoms with E-state index in [0.717, 1.165) is 0 Å². The van der Waals surface area contributed by atoms with Crippen LogP contribution in [-0.4, -0.2) is 27.4 Å². The standard InChI is InChI=1S/C21H17FN6O3/c22-13-5-7-14(8-6-13)28-20(24)15(12-23)16(26-28)3-1-9-25-21(29)17-11-19(31-27-17)18-4-2-10-30-18/h2,4-8,10-11H,1,3,9,24H2,(H,25,29). The van der Waals surface area contributed by atoms with Gasteiger partial charge in [0, 0.05) is 12.6 Å². The minimum atomic E-state index is -0.390. The largest absolute Gasteiger partial charge is 0.461 e. The lowest BCUT2D eigenvalue weighted by molar-refractivity contribution is 0.0944. The summed E-state index contributed by atoms with van der Waals surface area (Å²) in [5.41, 5.74) is 7.49. The maximum atomic E-state index is 13.2. The highest BCUT2D eigenvalue weighted by Gasteiger charge is 2.17. The van der Waals surface area contributed by atoms with Crippen LogP contribution in [-0.2, 0) is 6.42 Å². The van der Waals surface area contributed by atoms with Crippen molar-refractivity contribution in [3.8, 4) is 23.3 Å². The van der Waals surface area contributed by atoms with E-state index in [1.165, 1.54) is 41.3 Å². The van der Waals surface area contributed by atoms with Gasteiger partial charge in [-0.2, -0.15) is 10.4 Å². The summed E-state index contributed by atoms with van der Waals surface area (Å²) >= 11 is 0. The van der Waals surface area contributed by atoms with Crippen LogP contribution in [0.3, 0.4) is 0 Å². The first-order chi connectivity index (χ1) is 15.1. The Labute approximate surface area is 175 Å². The minimum absolute atomic E-state index is 0.133. The van der Waals surface area contributed by atoms with Gasteiger partial charge in [-0.25, -0.2) is 9.07 Å². The third-order valence-corrected chi connectivity index (χ3v) is 4.56. The number of benzene rings is 1. The van der Waals surface area contributed by atoms with E-state index in [4.69, 9.17) is 14.7 Å². The van der Waals surface area contributed by atoms with Gasteiger partial charge in [0.25, 0.3) is 5.91 Å². The van der Waals surface area contributed by atoms with Crippen molar-refractivity contribution in [2.45, 2.75) is 12.8 Å². The molecule has 0 spiro atoms. The van der Waals surface area contributed by atoms with Gasteiger partial charge in [-0.05, 0) is 49.2 Å². The lowest BCUT2D eigenvalue weighted by atomic mass is 10.1. The molecule has 0 aliphatic rings. The number of carbonyl (C=O) groups is 1. The number of hydrogen-bond acceptors (Lipinski definition) is 7. The fourth-order valence-electron chi connectivity index (χ4n) is 3.02. The molecule has 3 aromatic heterocycles. The summed E-state index contributed by atoms with van der Waals surface area (Å²) in [6, 6.07) is 12.6. The average molecular weight is 420 g/mol. The molecular weight excluding hydrogens is 403 g/mol. The monoisotopic (exact) mass is 420 g/mol. The Hall–Kier alpha value is -4.39. The molecule has 31 heavy (non-hydrogen) atoms. The topological polar surface area (TPSA) is 136 Å². The number of nitrogen functional groups attached to an aromatic ring is 1. The van der Waals surface area contributed by atoms with E-state index in [-0.39, 0.29) is 22.9 Å². The molecule has 0 saturated carbocycles. The predicted octanol–water partition coefficient (Wildman–Crippen LogP) is 3.08. The zero-order valence-corrected chi connectivity index (χ0v) is 16.2. The number of hydrogen-bond donors (Lipinski definition) is 2. The van der Waals surface area contributed by atoms with E-state index in [1.807, 2.05) is 0 Å². The summed E-state index contributed by atoms with van der Waals surface area (Å²) < 4.78 is 24.9. The number of rotatable bonds is 7. The van der Waals surface area contributed by atoms with Crippen molar-refractivity contribution in [1.82, 2.24) is 20.3 Å². The summed E-state index contributed by atoms with van der Waals surface area (Å²) in [5, 5.41) is 20.3. The van der Waals surface area contributed by atoms with Gasteiger partial charge in [0.05, 0.1) is 17.6 Å². The van der Waals surface area contributed by atoms with E-state index >= 15 is 0 Å². The first kappa shape index (κ1) is 19.9. The summed E-state index contributed by atoms with van der Waals surface area (Å²) in [7, 11) is 0. The first-order valence-corrected chi connectivity index (χ1v) is 9.39. The third-order valence-electron chi connectivity index (χ3n) is 4.56. The molecule has 0 fully saturated rings. The Balaban J connectivity index is 1.36. The van der Waals surface area contributed by atoms with Gasteiger partial charge in [-0.15, -0.1) is 0 Å². The van der Waals surface area contributed by atoms with Gasteiger partial charge in [0.15, 0.2) is 11.5 Å². The highest BCUT2D eigenvalue weighted by atomic mass is 19.1. The third kappa shape index (κ3) is 4.16. The van der Waals surface area contributed by atoms with Crippen molar-refractivity contribution < 1.29 is 18.1 Å². The molecule has 1 aromatic carbocycles. The van der Waals surface area contributed by atoms with Crippen LogP contribution in [0.2, 0.25) is 0 Å². The fourth-order valence-corrected chi connectivity index (χ4v) is 3.02. The van der Waals surface area contributed by atoms with Gasteiger partial charge in [-0.1, -0.05) is 5.16 Å². The number of nitriles is 1. The molecule has 156 valence electrons. The molecule has 0 aliphatic heterocycles. The van der Waals surface area contributed by atoms with E-state index in [9.17, 15) is 14.4 Å². The number of aromatic nitrogens is 3. The quantitative estimate of drug-likeness (QED) is 0.439. The number of aryl methyl sites for hydroxylation is 1. The molecule has 3 heterocycles. The van der Waals surface area contributed by atoms with Gasteiger partial charge in [0.1, 0.15) is 23.3 Å². The van der Waals surface area contributed by atoms with Crippen molar-refractivity contribution in [2.24, 2.45) is 0 Å². The molecule has 0 unspecified atom stereocenters.